The SMILES string of the molecule is C=COCc1ccccc1.CCC. The van der Waals surface area contributed by atoms with Gasteiger partial charge in [0.1, 0.15) is 6.61 Å². The summed E-state index contributed by atoms with van der Waals surface area (Å²) in [5, 5.41) is 0. The highest BCUT2D eigenvalue weighted by molar-refractivity contribution is 5.13. The summed E-state index contributed by atoms with van der Waals surface area (Å²) >= 11 is 0. The van der Waals surface area contributed by atoms with Gasteiger partial charge < -0.3 is 4.74 Å². The van der Waals surface area contributed by atoms with E-state index in [9.17, 15) is 0 Å². The zero-order chi connectivity index (χ0) is 9.94. The van der Waals surface area contributed by atoms with Crippen molar-refractivity contribution in [2.45, 2.75) is 26.9 Å². The predicted octanol–water partition coefficient (Wildman–Crippen LogP) is 3.76. The third kappa shape index (κ3) is 7.13. The molecular weight excluding hydrogens is 160 g/mol. The van der Waals surface area contributed by atoms with Crippen LogP contribution < -0.4 is 0 Å². The molecule has 0 saturated carbocycles. The van der Waals surface area contributed by atoms with Crippen LogP contribution in [0.1, 0.15) is 25.8 Å². The second-order valence-corrected chi connectivity index (χ2v) is 2.67. The van der Waals surface area contributed by atoms with Gasteiger partial charge in [-0.3, -0.25) is 0 Å². The summed E-state index contributed by atoms with van der Waals surface area (Å²) in [7, 11) is 0. The van der Waals surface area contributed by atoms with Gasteiger partial charge in [-0.15, -0.1) is 0 Å². The average molecular weight is 178 g/mol. The van der Waals surface area contributed by atoms with Crippen LogP contribution in [-0.4, -0.2) is 0 Å². The molecular formula is C12H18O. The lowest BCUT2D eigenvalue weighted by atomic mass is 10.2. The molecule has 0 aromatic heterocycles. The number of hydrogen-bond donors (Lipinski definition) is 0. The lowest BCUT2D eigenvalue weighted by molar-refractivity contribution is 0.237. The van der Waals surface area contributed by atoms with Crippen LogP contribution in [0.5, 0.6) is 0 Å². The molecule has 0 heterocycles. The summed E-state index contributed by atoms with van der Waals surface area (Å²) in [5.74, 6) is 0. The van der Waals surface area contributed by atoms with E-state index in [1.807, 2.05) is 30.3 Å². The molecule has 72 valence electrons. The first-order chi connectivity index (χ1) is 6.35. The van der Waals surface area contributed by atoms with Crippen LogP contribution in [0.4, 0.5) is 0 Å². The Labute approximate surface area is 81.1 Å². The Kier molecular flexibility index (Phi) is 8.01. The van der Waals surface area contributed by atoms with Crippen LogP contribution in [0.3, 0.4) is 0 Å². The lowest BCUT2D eigenvalue weighted by Crippen LogP contribution is -1.83. The van der Waals surface area contributed by atoms with E-state index in [1.54, 1.807) is 0 Å². The Morgan fingerprint density at radius 1 is 1.23 bits per heavy atom. The van der Waals surface area contributed by atoms with E-state index in [-0.39, 0.29) is 0 Å². The first-order valence-electron chi connectivity index (χ1n) is 4.61. The van der Waals surface area contributed by atoms with Gasteiger partial charge in [-0.2, -0.15) is 0 Å². The maximum atomic E-state index is 4.98. The van der Waals surface area contributed by atoms with Crippen molar-refractivity contribution in [3.05, 3.63) is 48.7 Å². The van der Waals surface area contributed by atoms with E-state index in [0.717, 1.165) is 0 Å². The normalized spacial score (nSPS) is 8.15. The van der Waals surface area contributed by atoms with Gasteiger partial charge in [-0.25, -0.2) is 0 Å². The molecule has 0 atom stereocenters. The Bertz CT molecular complexity index is 204. The van der Waals surface area contributed by atoms with Gasteiger partial charge in [0.15, 0.2) is 0 Å². The first kappa shape index (κ1) is 11.8. The summed E-state index contributed by atoms with van der Waals surface area (Å²) < 4.78 is 4.98. The zero-order valence-corrected chi connectivity index (χ0v) is 8.49. The highest BCUT2D eigenvalue weighted by Gasteiger charge is 1.85. The largest absolute Gasteiger partial charge is 0.497 e. The van der Waals surface area contributed by atoms with E-state index in [2.05, 4.69) is 20.4 Å². The van der Waals surface area contributed by atoms with Crippen molar-refractivity contribution in [3.8, 4) is 0 Å². The van der Waals surface area contributed by atoms with Gasteiger partial charge in [-0.1, -0.05) is 57.2 Å². The molecule has 13 heavy (non-hydrogen) atoms. The molecule has 0 spiro atoms. The molecule has 0 aliphatic rings. The molecule has 0 bridgehead atoms. The molecule has 0 amide bonds. The summed E-state index contributed by atoms with van der Waals surface area (Å²) in [6, 6.07) is 9.99. The molecule has 1 nitrogen and oxygen atoms in total. The van der Waals surface area contributed by atoms with E-state index < -0.39 is 0 Å². The second kappa shape index (κ2) is 8.85. The van der Waals surface area contributed by atoms with E-state index in [0.29, 0.717) is 6.61 Å². The monoisotopic (exact) mass is 178 g/mol. The smallest absolute Gasteiger partial charge is 0.112 e. The first-order valence-corrected chi connectivity index (χ1v) is 4.61. The highest BCUT2D eigenvalue weighted by Crippen LogP contribution is 1.99. The minimum Gasteiger partial charge on any atom is -0.497 e. The third-order valence-corrected chi connectivity index (χ3v) is 1.21. The molecule has 0 saturated heterocycles. The van der Waals surface area contributed by atoms with Crippen molar-refractivity contribution in [1.82, 2.24) is 0 Å². The fraction of sp³-hybridized carbons (Fsp3) is 0.333. The fourth-order valence-electron chi connectivity index (χ4n) is 0.729. The van der Waals surface area contributed by atoms with Gasteiger partial charge in [0, 0.05) is 0 Å². The van der Waals surface area contributed by atoms with Crippen molar-refractivity contribution >= 4 is 0 Å². The quantitative estimate of drug-likeness (QED) is 0.640. The molecule has 0 unspecified atom stereocenters. The van der Waals surface area contributed by atoms with Crippen LogP contribution in [-0.2, 0) is 11.3 Å². The summed E-state index contributed by atoms with van der Waals surface area (Å²) in [5.41, 5.74) is 1.17. The lowest BCUT2D eigenvalue weighted by Gasteiger charge is -1.98. The zero-order valence-electron chi connectivity index (χ0n) is 8.49. The van der Waals surface area contributed by atoms with Crippen molar-refractivity contribution < 1.29 is 4.74 Å². The molecule has 1 heteroatoms. The Morgan fingerprint density at radius 3 is 2.23 bits per heavy atom. The molecule has 0 N–H and O–H groups in total. The molecule has 0 aliphatic heterocycles. The van der Waals surface area contributed by atoms with Gasteiger partial charge in [0.05, 0.1) is 6.26 Å². The molecule has 1 aromatic carbocycles. The minimum absolute atomic E-state index is 0.615. The maximum absolute atomic E-state index is 4.98. The fourth-order valence-corrected chi connectivity index (χ4v) is 0.729. The molecule has 0 radical (unpaired) electrons. The summed E-state index contributed by atoms with van der Waals surface area (Å²) in [6.45, 7) is 8.32. The van der Waals surface area contributed by atoms with Crippen molar-refractivity contribution in [3.63, 3.8) is 0 Å². The minimum atomic E-state index is 0.615. The van der Waals surface area contributed by atoms with E-state index in [1.165, 1.54) is 18.2 Å². The molecule has 0 fully saturated rings. The summed E-state index contributed by atoms with van der Waals surface area (Å²) in [6.07, 6.45) is 2.70. The van der Waals surface area contributed by atoms with Crippen LogP contribution in [0, 0.1) is 0 Å². The molecule has 1 aromatic rings. The topological polar surface area (TPSA) is 9.23 Å². The average Bonchev–Trinajstić information content (AvgIpc) is 2.18. The van der Waals surface area contributed by atoms with E-state index >= 15 is 0 Å². The molecule has 1 rings (SSSR count). The van der Waals surface area contributed by atoms with Crippen molar-refractivity contribution in [1.29, 1.82) is 0 Å². The number of hydrogen-bond acceptors (Lipinski definition) is 1. The Balaban J connectivity index is 0.000000424. The Hall–Kier alpha value is -1.24. The summed E-state index contributed by atoms with van der Waals surface area (Å²) in [4.78, 5) is 0. The van der Waals surface area contributed by atoms with Gasteiger partial charge in [-0.05, 0) is 5.56 Å². The van der Waals surface area contributed by atoms with Crippen LogP contribution >= 0.6 is 0 Å². The van der Waals surface area contributed by atoms with Crippen LogP contribution in [0.25, 0.3) is 0 Å². The van der Waals surface area contributed by atoms with Crippen LogP contribution in [0.15, 0.2) is 43.2 Å². The standard InChI is InChI=1S/C9H10O.C3H8/c1-2-10-8-9-6-4-3-5-7-9;1-3-2/h2-7H,1,8H2;3H2,1-2H3. The van der Waals surface area contributed by atoms with Gasteiger partial charge in [0.2, 0.25) is 0 Å². The maximum Gasteiger partial charge on any atom is 0.112 e. The third-order valence-electron chi connectivity index (χ3n) is 1.21. The highest BCUT2D eigenvalue weighted by atomic mass is 16.5. The Morgan fingerprint density at radius 2 is 1.77 bits per heavy atom. The predicted molar refractivity (Wildman–Crippen MR) is 57.4 cm³/mol. The number of ether oxygens (including phenoxy) is 1. The van der Waals surface area contributed by atoms with E-state index in [4.69, 9.17) is 4.74 Å². The van der Waals surface area contributed by atoms with Gasteiger partial charge in [0.25, 0.3) is 0 Å². The molecule has 0 aliphatic carbocycles. The number of rotatable bonds is 3. The van der Waals surface area contributed by atoms with Gasteiger partial charge >= 0.3 is 0 Å². The van der Waals surface area contributed by atoms with Crippen LogP contribution in [0.2, 0.25) is 0 Å². The second-order valence-electron chi connectivity index (χ2n) is 2.67. The van der Waals surface area contributed by atoms with Crippen molar-refractivity contribution in [2.24, 2.45) is 0 Å². The van der Waals surface area contributed by atoms with Crippen molar-refractivity contribution in [2.75, 3.05) is 0 Å². The number of benzene rings is 1.